The van der Waals surface area contributed by atoms with E-state index in [0.29, 0.717) is 17.8 Å². The number of aromatic nitrogens is 2. The van der Waals surface area contributed by atoms with Crippen molar-refractivity contribution in [2.45, 2.75) is 39.2 Å². The first kappa shape index (κ1) is 14.9. The van der Waals surface area contributed by atoms with Gasteiger partial charge in [-0.05, 0) is 25.8 Å². The number of nitrogens with zero attached hydrogens (tertiary/aromatic N) is 3. The van der Waals surface area contributed by atoms with Crippen molar-refractivity contribution in [2.24, 2.45) is 5.92 Å². The molecule has 102 valence electrons. The normalized spacial score (nSPS) is 13.3. The van der Waals surface area contributed by atoms with Crippen molar-refractivity contribution in [1.82, 2.24) is 10.2 Å². The molecule has 2 N–H and O–H groups in total. The third kappa shape index (κ3) is 4.92. The van der Waals surface area contributed by atoms with E-state index in [0.717, 1.165) is 12.8 Å². The van der Waals surface area contributed by atoms with E-state index in [2.05, 4.69) is 15.5 Å². The Morgan fingerprint density at radius 1 is 1.53 bits per heavy atom. The summed E-state index contributed by atoms with van der Waals surface area (Å²) >= 11 is 0. The standard InChI is InChI=1S/C13H18N4O2/c1-9(13(18)19)4-3-5-10(2)16-12-11(8-14)6-7-15-17-12/h6-7,9-10H,3-5H2,1-2H3,(H,16,17)(H,18,19). The van der Waals surface area contributed by atoms with Crippen molar-refractivity contribution in [3.8, 4) is 6.07 Å². The van der Waals surface area contributed by atoms with Crippen LogP contribution in [0.4, 0.5) is 5.82 Å². The number of anilines is 1. The van der Waals surface area contributed by atoms with Crippen LogP contribution in [-0.4, -0.2) is 27.3 Å². The summed E-state index contributed by atoms with van der Waals surface area (Å²) in [5, 5.41) is 28.4. The molecule has 1 rings (SSSR count). The second-order valence-electron chi connectivity index (χ2n) is 4.62. The second kappa shape index (κ2) is 7.31. The zero-order valence-electron chi connectivity index (χ0n) is 11.1. The number of carbonyl (C=O) groups is 1. The maximum absolute atomic E-state index is 10.7. The first-order valence-corrected chi connectivity index (χ1v) is 6.25. The Hall–Kier alpha value is -2.16. The molecule has 0 aliphatic heterocycles. The highest BCUT2D eigenvalue weighted by atomic mass is 16.4. The van der Waals surface area contributed by atoms with Crippen LogP contribution < -0.4 is 5.32 Å². The highest BCUT2D eigenvalue weighted by Crippen LogP contribution is 2.14. The third-order valence-corrected chi connectivity index (χ3v) is 2.92. The summed E-state index contributed by atoms with van der Waals surface area (Å²) in [6, 6.07) is 3.77. The molecular weight excluding hydrogens is 244 g/mol. The molecule has 1 aromatic heterocycles. The van der Waals surface area contributed by atoms with Gasteiger partial charge in [-0.3, -0.25) is 4.79 Å². The molecule has 1 aromatic rings. The Kier molecular flexibility index (Phi) is 5.73. The Bertz CT molecular complexity index is 470. The summed E-state index contributed by atoms with van der Waals surface area (Å²) in [5.41, 5.74) is 0.459. The van der Waals surface area contributed by atoms with Crippen molar-refractivity contribution in [1.29, 1.82) is 5.26 Å². The quantitative estimate of drug-likeness (QED) is 0.780. The van der Waals surface area contributed by atoms with Crippen LogP contribution in [-0.2, 0) is 4.79 Å². The Morgan fingerprint density at radius 3 is 2.89 bits per heavy atom. The van der Waals surface area contributed by atoms with Crippen LogP contribution in [0.25, 0.3) is 0 Å². The van der Waals surface area contributed by atoms with Gasteiger partial charge in [0.2, 0.25) is 0 Å². The van der Waals surface area contributed by atoms with E-state index < -0.39 is 5.97 Å². The number of carboxylic acids is 1. The molecule has 6 heteroatoms. The topological polar surface area (TPSA) is 98.9 Å². The number of hydrogen-bond acceptors (Lipinski definition) is 5. The summed E-state index contributed by atoms with van der Waals surface area (Å²) in [4.78, 5) is 10.7. The van der Waals surface area contributed by atoms with Gasteiger partial charge in [0.1, 0.15) is 6.07 Å². The summed E-state index contributed by atoms with van der Waals surface area (Å²) in [6.07, 6.45) is 3.75. The Balaban J connectivity index is 2.41. The SMILES string of the molecule is CC(CCCC(C)C(=O)O)Nc1nnccc1C#N. The van der Waals surface area contributed by atoms with Crippen LogP contribution in [0.5, 0.6) is 0 Å². The second-order valence-corrected chi connectivity index (χ2v) is 4.62. The van der Waals surface area contributed by atoms with Crippen LogP contribution in [0, 0.1) is 17.2 Å². The summed E-state index contributed by atoms with van der Waals surface area (Å²) in [6.45, 7) is 3.68. The van der Waals surface area contributed by atoms with Crippen LogP contribution >= 0.6 is 0 Å². The van der Waals surface area contributed by atoms with Gasteiger partial charge >= 0.3 is 5.97 Å². The molecule has 0 saturated carbocycles. The van der Waals surface area contributed by atoms with Crippen molar-refractivity contribution >= 4 is 11.8 Å². The lowest BCUT2D eigenvalue weighted by Gasteiger charge is -2.15. The van der Waals surface area contributed by atoms with Gasteiger partial charge in [0.05, 0.1) is 17.7 Å². The predicted octanol–water partition coefficient (Wildman–Crippen LogP) is 2.04. The van der Waals surface area contributed by atoms with Crippen molar-refractivity contribution in [3.63, 3.8) is 0 Å². The van der Waals surface area contributed by atoms with Gasteiger partial charge in [0, 0.05) is 6.04 Å². The van der Waals surface area contributed by atoms with Crippen LogP contribution in [0.2, 0.25) is 0 Å². The van der Waals surface area contributed by atoms with Crippen molar-refractivity contribution < 1.29 is 9.90 Å². The number of carboxylic acid groups (broad SMARTS) is 1. The summed E-state index contributed by atoms with van der Waals surface area (Å²) < 4.78 is 0. The molecule has 0 radical (unpaired) electrons. The highest BCUT2D eigenvalue weighted by Gasteiger charge is 2.12. The molecule has 1 heterocycles. The van der Waals surface area contributed by atoms with Gasteiger partial charge in [0.15, 0.2) is 5.82 Å². The average molecular weight is 262 g/mol. The molecule has 0 fully saturated rings. The van der Waals surface area contributed by atoms with Gasteiger partial charge < -0.3 is 10.4 Å². The zero-order chi connectivity index (χ0) is 14.3. The Morgan fingerprint density at radius 2 is 2.26 bits per heavy atom. The smallest absolute Gasteiger partial charge is 0.306 e. The molecule has 2 atom stereocenters. The molecule has 2 unspecified atom stereocenters. The maximum Gasteiger partial charge on any atom is 0.306 e. The van der Waals surface area contributed by atoms with E-state index in [4.69, 9.17) is 10.4 Å². The van der Waals surface area contributed by atoms with E-state index in [9.17, 15) is 4.79 Å². The summed E-state index contributed by atoms with van der Waals surface area (Å²) in [5.74, 6) is -0.608. The maximum atomic E-state index is 10.7. The van der Waals surface area contributed by atoms with E-state index in [1.165, 1.54) is 6.20 Å². The van der Waals surface area contributed by atoms with Gasteiger partial charge in [0.25, 0.3) is 0 Å². The largest absolute Gasteiger partial charge is 0.481 e. The zero-order valence-corrected chi connectivity index (χ0v) is 11.1. The fourth-order valence-corrected chi connectivity index (χ4v) is 1.69. The monoisotopic (exact) mass is 262 g/mol. The molecule has 0 bridgehead atoms. The molecule has 0 saturated heterocycles. The number of aliphatic carboxylic acids is 1. The van der Waals surface area contributed by atoms with Gasteiger partial charge in [-0.1, -0.05) is 13.3 Å². The van der Waals surface area contributed by atoms with E-state index >= 15 is 0 Å². The minimum absolute atomic E-state index is 0.116. The first-order valence-electron chi connectivity index (χ1n) is 6.25. The van der Waals surface area contributed by atoms with Crippen molar-refractivity contribution in [3.05, 3.63) is 17.8 Å². The van der Waals surface area contributed by atoms with Crippen LogP contribution in [0.3, 0.4) is 0 Å². The molecule has 0 aromatic carbocycles. The number of rotatable bonds is 7. The minimum Gasteiger partial charge on any atom is -0.481 e. The molecule has 0 spiro atoms. The first-order chi connectivity index (χ1) is 9.04. The third-order valence-electron chi connectivity index (χ3n) is 2.92. The fraction of sp³-hybridized carbons (Fsp3) is 0.538. The van der Waals surface area contributed by atoms with E-state index in [1.54, 1.807) is 13.0 Å². The predicted molar refractivity (Wildman–Crippen MR) is 70.5 cm³/mol. The fourth-order valence-electron chi connectivity index (χ4n) is 1.69. The van der Waals surface area contributed by atoms with E-state index in [-0.39, 0.29) is 12.0 Å². The van der Waals surface area contributed by atoms with Crippen molar-refractivity contribution in [2.75, 3.05) is 5.32 Å². The Labute approximate surface area is 112 Å². The molecule has 0 amide bonds. The average Bonchev–Trinajstić information content (AvgIpc) is 2.39. The number of nitrogens with one attached hydrogen (secondary N) is 1. The molecule has 6 nitrogen and oxygen atoms in total. The molecular formula is C13H18N4O2. The van der Waals surface area contributed by atoms with Gasteiger partial charge in [-0.2, -0.15) is 10.4 Å². The van der Waals surface area contributed by atoms with Gasteiger partial charge in [-0.25, -0.2) is 0 Å². The molecule has 0 aliphatic rings. The molecule has 19 heavy (non-hydrogen) atoms. The number of nitriles is 1. The van der Waals surface area contributed by atoms with Crippen LogP contribution in [0.15, 0.2) is 12.3 Å². The lowest BCUT2D eigenvalue weighted by molar-refractivity contribution is -0.141. The lowest BCUT2D eigenvalue weighted by Crippen LogP contribution is -2.18. The lowest BCUT2D eigenvalue weighted by atomic mass is 10.0. The summed E-state index contributed by atoms with van der Waals surface area (Å²) in [7, 11) is 0. The number of hydrogen-bond donors (Lipinski definition) is 2. The van der Waals surface area contributed by atoms with E-state index in [1.807, 2.05) is 13.0 Å². The highest BCUT2D eigenvalue weighted by molar-refractivity contribution is 5.69. The van der Waals surface area contributed by atoms with Gasteiger partial charge in [-0.15, -0.1) is 5.10 Å². The minimum atomic E-state index is -0.763. The van der Waals surface area contributed by atoms with Crippen LogP contribution in [0.1, 0.15) is 38.7 Å². The molecule has 0 aliphatic carbocycles.